The van der Waals surface area contributed by atoms with E-state index in [4.69, 9.17) is 21.4 Å². The number of aliphatic hydroxyl groups excluding tert-OH is 1. The summed E-state index contributed by atoms with van der Waals surface area (Å²) in [5.74, 6) is 0. The fraction of sp³-hybridized carbons (Fsp3) is 0.455. The molecule has 0 aliphatic rings. The molecule has 1 aromatic rings. The van der Waals surface area contributed by atoms with Gasteiger partial charge in [-0.2, -0.15) is 13.2 Å². The third-order valence-electron chi connectivity index (χ3n) is 2.04. The minimum absolute atomic E-state index is 0.0172. The van der Waals surface area contributed by atoms with Gasteiger partial charge in [-0.05, 0) is 18.2 Å². The summed E-state index contributed by atoms with van der Waals surface area (Å²) in [7, 11) is 0. The van der Waals surface area contributed by atoms with E-state index in [-0.39, 0.29) is 30.5 Å². The number of anilines is 1. The van der Waals surface area contributed by atoms with Gasteiger partial charge in [0.25, 0.3) is 0 Å². The van der Waals surface area contributed by atoms with E-state index in [2.05, 4.69) is 5.32 Å². The average molecular weight is 284 g/mol. The number of benzene rings is 1. The van der Waals surface area contributed by atoms with Crippen molar-refractivity contribution < 1.29 is 23.0 Å². The molecule has 0 heterocycles. The predicted molar refractivity (Wildman–Crippen MR) is 62.8 cm³/mol. The molecule has 7 heteroatoms. The van der Waals surface area contributed by atoms with Crippen LogP contribution in [0.3, 0.4) is 0 Å². The lowest BCUT2D eigenvalue weighted by atomic mass is 10.2. The fourth-order valence-corrected chi connectivity index (χ4v) is 1.52. The van der Waals surface area contributed by atoms with Gasteiger partial charge in [0.2, 0.25) is 0 Å². The Bertz CT molecular complexity index is 385. The number of ether oxygens (including phenoxy) is 1. The first-order chi connectivity index (χ1) is 8.43. The summed E-state index contributed by atoms with van der Waals surface area (Å²) in [6, 6.07) is 3.26. The number of nitrogens with one attached hydrogen (secondary N) is 1. The molecule has 0 aromatic heterocycles. The lowest BCUT2D eigenvalue weighted by molar-refractivity contribution is -0.137. The summed E-state index contributed by atoms with van der Waals surface area (Å²) in [5.41, 5.74) is -0.517. The van der Waals surface area contributed by atoms with Crippen LogP contribution in [0, 0.1) is 0 Å². The second-order valence-corrected chi connectivity index (χ2v) is 3.93. The summed E-state index contributed by atoms with van der Waals surface area (Å²) < 4.78 is 42.5. The molecule has 18 heavy (non-hydrogen) atoms. The molecule has 3 nitrogen and oxygen atoms in total. The standard InChI is InChI=1S/C11H13ClF3NO2/c12-9-5-8(11(13,14)15)6-10(7-9)16-1-3-18-4-2-17/h5-7,16-17H,1-4H2. The maximum Gasteiger partial charge on any atom is 0.416 e. The van der Waals surface area contributed by atoms with Crippen molar-refractivity contribution in [2.24, 2.45) is 0 Å². The van der Waals surface area contributed by atoms with Crippen molar-refractivity contribution in [3.63, 3.8) is 0 Å². The van der Waals surface area contributed by atoms with Crippen LogP contribution in [-0.4, -0.2) is 31.5 Å². The number of hydrogen-bond donors (Lipinski definition) is 2. The summed E-state index contributed by atoms with van der Waals surface area (Å²) >= 11 is 5.61. The molecule has 0 fully saturated rings. The third-order valence-corrected chi connectivity index (χ3v) is 2.25. The van der Waals surface area contributed by atoms with Crippen LogP contribution in [0.25, 0.3) is 0 Å². The topological polar surface area (TPSA) is 41.5 Å². The van der Waals surface area contributed by atoms with E-state index in [1.54, 1.807) is 0 Å². The van der Waals surface area contributed by atoms with Crippen molar-refractivity contribution >= 4 is 17.3 Å². The van der Waals surface area contributed by atoms with E-state index in [1.807, 2.05) is 0 Å². The molecule has 2 N–H and O–H groups in total. The van der Waals surface area contributed by atoms with Crippen LogP contribution in [0.5, 0.6) is 0 Å². The molecule has 0 saturated carbocycles. The first kappa shape index (κ1) is 15.1. The van der Waals surface area contributed by atoms with Gasteiger partial charge in [0.15, 0.2) is 0 Å². The zero-order valence-electron chi connectivity index (χ0n) is 9.43. The SMILES string of the molecule is OCCOCCNc1cc(Cl)cc(C(F)(F)F)c1. The van der Waals surface area contributed by atoms with Gasteiger partial charge in [0, 0.05) is 17.3 Å². The number of rotatable bonds is 6. The smallest absolute Gasteiger partial charge is 0.394 e. The molecule has 0 amide bonds. The Hall–Kier alpha value is -0.980. The Morgan fingerprint density at radius 3 is 2.56 bits per heavy atom. The molecular formula is C11H13ClF3NO2. The number of alkyl halides is 3. The fourth-order valence-electron chi connectivity index (χ4n) is 1.29. The minimum Gasteiger partial charge on any atom is -0.394 e. The maximum absolute atomic E-state index is 12.5. The number of aliphatic hydroxyl groups is 1. The van der Waals surface area contributed by atoms with Crippen LogP contribution in [0.2, 0.25) is 5.02 Å². The van der Waals surface area contributed by atoms with Gasteiger partial charge in [-0.3, -0.25) is 0 Å². The van der Waals surface area contributed by atoms with Crippen LogP contribution in [-0.2, 0) is 10.9 Å². The van der Waals surface area contributed by atoms with Gasteiger partial charge in [0.1, 0.15) is 0 Å². The van der Waals surface area contributed by atoms with Crippen LogP contribution in [0.15, 0.2) is 18.2 Å². The largest absolute Gasteiger partial charge is 0.416 e. The third kappa shape index (κ3) is 5.12. The Balaban J connectivity index is 2.58. The highest BCUT2D eigenvalue weighted by atomic mass is 35.5. The van der Waals surface area contributed by atoms with E-state index >= 15 is 0 Å². The Labute approximate surface area is 108 Å². The molecule has 0 saturated heterocycles. The average Bonchev–Trinajstić information content (AvgIpc) is 2.27. The van der Waals surface area contributed by atoms with Gasteiger partial charge in [-0.15, -0.1) is 0 Å². The molecule has 0 bridgehead atoms. The molecule has 0 aliphatic carbocycles. The normalized spacial score (nSPS) is 11.6. The lowest BCUT2D eigenvalue weighted by Gasteiger charge is -2.11. The van der Waals surface area contributed by atoms with Crippen molar-refractivity contribution in [1.29, 1.82) is 0 Å². The van der Waals surface area contributed by atoms with Crippen molar-refractivity contribution in [3.8, 4) is 0 Å². The van der Waals surface area contributed by atoms with Crippen molar-refractivity contribution in [3.05, 3.63) is 28.8 Å². The van der Waals surface area contributed by atoms with E-state index in [0.717, 1.165) is 12.1 Å². The highest BCUT2D eigenvalue weighted by Gasteiger charge is 2.31. The van der Waals surface area contributed by atoms with E-state index in [1.165, 1.54) is 6.07 Å². The number of halogens is 4. The number of hydrogen-bond acceptors (Lipinski definition) is 3. The molecule has 0 spiro atoms. The summed E-state index contributed by atoms with van der Waals surface area (Å²) in [6.45, 7) is 0.729. The summed E-state index contributed by atoms with van der Waals surface area (Å²) in [4.78, 5) is 0. The quantitative estimate of drug-likeness (QED) is 0.789. The zero-order valence-corrected chi connectivity index (χ0v) is 10.2. The van der Waals surface area contributed by atoms with Gasteiger partial charge in [-0.1, -0.05) is 11.6 Å². The molecular weight excluding hydrogens is 271 g/mol. The first-order valence-electron chi connectivity index (χ1n) is 5.24. The van der Waals surface area contributed by atoms with E-state index in [0.29, 0.717) is 6.54 Å². The molecule has 0 radical (unpaired) electrons. The zero-order chi connectivity index (χ0) is 13.6. The van der Waals surface area contributed by atoms with Gasteiger partial charge in [-0.25, -0.2) is 0 Å². The minimum atomic E-state index is -4.42. The van der Waals surface area contributed by atoms with Crippen LogP contribution < -0.4 is 5.32 Å². The van der Waals surface area contributed by atoms with Gasteiger partial charge in [0.05, 0.1) is 25.4 Å². The van der Waals surface area contributed by atoms with Gasteiger partial charge < -0.3 is 15.2 Å². The highest BCUT2D eigenvalue weighted by molar-refractivity contribution is 6.30. The first-order valence-corrected chi connectivity index (χ1v) is 5.61. The van der Waals surface area contributed by atoms with Crippen LogP contribution >= 0.6 is 11.6 Å². The molecule has 0 atom stereocenters. The predicted octanol–water partition coefficient (Wildman–Crippen LogP) is 2.78. The van der Waals surface area contributed by atoms with Crippen molar-refractivity contribution in [1.82, 2.24) is 0 Å². The second kappa shape index (κ2) is 6.82. The van der Waals surface area contributed by atoms with Crippen molar-refractivity contribution in [2.75, 3.05) is 31.7 Å². The summed E-state index contributed by atoms with van der Waals surface area (Å²) in [6.07, 6.45) is -4.42. The monoisotopic (exact) mass is 283 g/mol. The Kier molecular flexibility index (Phi) is 5.71. The second-order valence-electron chi connectivity index (χ2n) is 3.49. The van der Waals surface area contributed by atoms with Crippen molar-refractivity contribution in [2.45, 2.75) is 6.18 Å². The molecule has 1 aromatic carbocycles. The van der Waals surface area contributed by atoms with Crippen LogP contribution in [0.4, 0.5) is 18.9 Å². The van der Waals surface area contributed by atoms with Gasteiger partial charge >= 0.3 is 6.18 Å². The van der Waals surface area contributed by atoms with E-state index < -0.39 is 11.7 Å². The highest BCUT2D eigenvalue weighted by Crippen LogP contribution is 2.33. The molecule has 102 valence electrons. The molecule has 0 aliphatic heterocycles. The Morgan fingerprint density at radius 2 is 1.94 bits per heavy atom. The molecule has 1 rings (SSSR count). The summed E-state index contributed by atoms with van der Waals surface area (Å²) in [5, 5.41) is 11.2. The van der Waals surface area contributed by atoms with E-state index in [9.17, 15) is 13.2 Å². The molecule has 0 unspecified atom stereocenters. The lowest BCUT2D eigenvalue weighted by Crippen LogP contribution is -2.12. The maximum atomic E-state index is 12.5. The van der Waals surface area contributed by atoms with Crippen LogP contribution in [0.1, 0.15) is 5.56 Å². The Morgan fingerprint density at radius 1 is 1.22 bits per heavy atom.